The van der Waals surface area contributed by atoms with Crippen LogP contribution in [0.5, 0.6) is 0 Å². The largest absolute Gasteiger partial charge is 0.401 e. The van der Waals surface area contributed by atoms with E-state index in [1.165, 1.54) is 7.05 Å². The molecule has 15 heavy (non-hydrogen) atoms. The number of primary amides is 1. The van der Waals surface area contributed by atoms with Crippen molar-refractivity contribution < 1.29 is 18.0 Å². The van der Waals surface area contributed by atoms with Crippen LogP contribution < -0.4 is 5.73 Å². The maximum atomic E-state index is 12.2. The fraction of sp³-hybridized carbons (Fsp3) is 0.889. The molecule has 0 aliphatic heterocycles. The van der Waals surface area contributed by atoms with Crippen LogP contribution in [0.15, 0.2) is 0 Å². The number of carbonyl (C=O) groups is 1. The molecule has 0 aromatic rings. The number of hydrogen-bond donors (Lipinski definition) is 1. The van der Waals surface area contributed by atoms with Gasteiger partial charge >= 0.3 is 6.18 Å². The van der Waals surface area contributed by atoms with Gasteiger partial charge in [-0.15, -0.1) is 0 Å². The van der Waals surface area contributed by atoms with Gasteiger partial charge in [-0.2, -0.15) is 13.2 Å². The molecule has 88 valence electrons. The average molecular weight is 224 g/mol. The third-order valence-electron chi connectivity index (χ3n) is 3.04. The van der Waals surface area contributed by atoms with Crippen LogP contribution in [-0.2, 0) is 4.79 Å². The molecule has 1 saturated carbocycles. The minimum Gasteiger partial charge on any atom is -0.368 e. The molecule has 0 atom stereocenters. The molecule has 1 aliphatic carbocycles. The van der Waals surface area contributed by atoms with Crippen LogP contribution in [0, 0.1) is 0 Å². The van der Waals surface area contributed by atoms with Gasteiger partial charge in [-0.3, -0.25) is 9.69 Å². The number of amides is 1. The van der Waals surface area contributed by atoms with Crippen LogP contribution in [-0.4, -0.2) is 36.1 Å². The lowest BCUT2D eigenvalue weighted by Crippen LogP contribution is -2.56. The van der Waals surface area contributed by atoms with Gasteiger partial charge in [0.25, 0.3) is 0 Å². The van der Waals surface area contributed by atoms with E-state index in [4.69, 9.17) is 5.73 Å². The number of carbonyl (C=O) groups excluding carboxylic acids is 1. The second-order valence-electron chi connectivity index (χ2n) is 4.07. The molecule has 1 aliphatic rings. The van der Waals surface area contributed by atoms with Gasteiger partial charge in [-0.25, -0.2) is 0 Å². The van der Waals surface area contributed by atoms with Gasteiger partial charge in [0.15, 0.2) is 0 Å². The summed E-state index contributed by atoms with van der Waals surface area (Å²) in [6, 6.07) is 0. The number of likely N-dealkylation sites (N-methyl/N-ethyl adjacent to an activating group) is 1. The first-order valence-corrected chi connectivity index (χ1v) is 4.86. The average Bonchev–Trinajstić information content (AvgIpc) is 2.48. The van der Waals surface area contributed by atoms with E-state index in [1.54, 1.807) is 0 Å². The van der Waals surface area contributed by atoms with Gasteiger partial charge < -0.3 is 5.73 Å². The summed E-state index contributed by atoms with van der Waals surface area (Å²) >= 11 is 0. The molecular formula is C9H15F3N2O. The van der Waals surface area contributed by atoms with E-state index in [2.05, 4.69) is 0 Å². The van der Waals surface area contributed by atoms with Crippen molar-refractivity contribution in [3.63, 3.8) is 0 Å². The third kappa shape index (κ3) is 2.62. The quantitative estimate of drug-likeness (QED) is 0.784. The van der Waals surface area contributed by atoms with Crippen LogP contribution >= 0.6 is 0 Å². The topological polar surface area (TPSA) is 46.3 Å². The number of rotatable bonds is 3. The van der Waals surface area contributed by atoms with Gasteiger partial charge in [0, 0.05) is 0 Å². The Morgan fingerprint density at radius 1 is 1.40 bits per heavy atom. The lowest BCUT2D eigenvalue weighted by molar-refractivity contribution is -0.160. The van der Waals surface area contributed by atoms with Crippen LogP contribution in [0.1, 0.15) is 25.7 Å². The first-order valence-electron chi connectivity index (χ1n) is 4.86. The standard InChI is InChI=1S/C9H15F3N2O/c1-14(6-9(10,11)12)8(7(13)15)4-2-3-5-8/h2-6H2,1H3,(H2,13,15). The molecule has 1 amide bonds. The molecule has 1 rings (SSSR count). The van der Waals surface area contributed by atoms with Gasteiger partial charge in [-0.05, 0) is 19.9 Å². The SMILES string of the molecule is CN(CC(F)(F)F)C1(C(N)=O)CCCC1. The van der Waals surface area contributed by atoms with E-state index in [0.29, 0.717) is 12.8 Å². The zero-order valence-electron chi connectivity index (χ0n) is 8.60. The predicted molar refractivity (Wildman–Crippen MR) is 49.1 cm³/mol. The maximum Gasteiger partial charge on any atom is 0.401 e. The molecule has 0 radical (unpaired) electrons. The third-order valence-corrected chi connectivity index (χ3v) is 3.04. The number of hydrogen-bond acceptors (Lipinski definition) is 2. The number of halogens is 3. The molecule has 0 aromatic carbocycles. The molecule has 0 aromatic heterocycles. The summed E-state index contributed by atoms with van der Waals surface area (Å²) in [5.74, 6) is -0.647. The Labute approximate surface area is 86.4 Å². The summed E-state index contributed by atoms with van der Waals surface area (Å²) in [5.41, 5.74) is 4.12. The highest BCUT2D eigenvalue weighted by atomic mass is 19.4. The summed E-state index contributed by atoms with van der Waals surface area (Å²) in [6.07, 6.45) is -1.93. The molecule has 0 unspecified atom stereocenters. The van der Waals surface area contributed by atoms with Crippen molar-refractivity contribution in [2.24, 2.45) is 5.73 Å². The fourth-order valence-electron chi connectivity index (χ4n) is 2.20. The molecule has 3 nitrogen and oxygen atoms in total. The van der Waals surface area contributed by atoms with Gasteiger partial charge in [0.2, 0.25) is 5.91 Å². The Balaban J connectivity index is 2.77. The lowest BCUT2D eigenvalue weighted by Gasteiger charge is -2.36. The minimum absolute atomic E-state index is 0.426. The van der Waals surface area contributed by atoms with Gasteiger partial charge in [0.05, 0.1) is 6.54 Å². The summed E-state index contributed by atoms with van der Waals surface area (Å²) in [6.45, 7) is -1.09. The van der Waals surface area contributed by atoms with E-state index in [1.807, 2.05) is 0 Å². The van der Waals surface area contributed by atoms with Crippen LogP contribution in [0.2, 0.25) is 0 Å². The summed E-state index contributed by atoms with van der Waals surface area (Å²) in [5, 5.41) is 0. The Morgan fingerprint density at radius 2 is 1.87 bits per heavy atom. The molecule has 2 N–H and O–H groups in total. The smallest absolute Gasteiger partial charge is 0.368 e. The van der Waals surface area contributed by atoms with E-state index >= 15 is 0 Å². The van der Waals surface area contributed by atoms with Crippen molar-refractivity contribution in [1.29, 1.82) is 0 Å². The number of alkyl halides is 3. The predicted octanol–water partition coefficient (Wildman–Crippen LogP) is 1.28. The Bertz CT molecular complexity index is 246. The van der Waals surface area contributed by atoms with Crippen molar-refractivity contribution in [1.82, 2.24) is 4.90 Å². The van der Waals surface area contributed by atoms with Crippen molar-refractivity contribution >= 4 is 5.91 Å². The fourth-order valence-corrected chi connectivity index (χ4v) is 2.20. The van der Waals surface area contributed by atoms with Crippen molar-refractivity contribution in [3.05, 3.63) is 0 Å². The van der Waals surface area contributed by atoms with E-state index in [-0.39, 0.29) is 0 Å². The molecule has 1 fully saturated rings. The molecule has 0 bridgehead atoms. The lowest BCUT2D eigenvalue weighted by atomic mass is 9.94. The van der Waals surface area contributed by atoms with E-state index < -0.39 is 24.2 Å². The van der Waals surface area contributed by atoms with Gasteiger partial charge in [0.1, 0.15) is 5.54 Å². The van der Waals surface area contributed by atoms with E-state index in [9.17, 15) is 18.0 Å². The Kier molecular flexibility index (Phi) is 3.28. The Morgan fingerprint density at radius 3 is 2.20 bits per heavy atom. The maximum absolute atomic E-state index is 12.2. The summed E-state index contributed by atoms with van der Waals surface area (Å²) in [7, 11) is 1.31. The van der Waals surface area contributed by atoms with Crippen LogP contribution in [0.4, 0.5) is 13.2 Å². The van der Waals surface area contributed by atoms with Crippen LogP contribution in [0.3, 0.4) is 0 Å². The van der Waals surface area contributed by atoms with Crippen LogP contribution in [0.25, 0.3) is 0 Å². The van der Waals surface area contributed by atoms with E-state index in [0.717, 1.165) is 17.7 Å². The highest BCUT2D eigenvalue weighted by Crippen LogP contribution is 2.35. The Hall–Kier alpha value is -0.780. The number of nitrogens with two attached hydrogens (primary N) is 1. The second-order valence-corrected chi connectivity index (χ2v) is 4.07. The van der Waals surface area contributed by atoms with Crippen molar-refractivity contribution in [3.8, 4) is 0 Å². The summed E-state index contributed by atoms with van der Waals surface area (Å²) in [4.78, 5) is 12.3. The molecule has 6 heteroatoms. The molecular weight excluding hydrogens is 209 g/mol. The van der Waals surface area contributed by atoms with Crippen molar-refractivity contribution in [2.45, 2.75) is 37.4 Å². The number of nitrogens with zero attached hydrogens (tertiary/aromatic N) is 1. The minimum atomic E-state index is -4.29. The molecule has 0 heterocycles. The highest BCUT2D eigenvalue weighted by Gasteiger charge is 2.46. The zero-order chi connectivity index (χ0) is 11.7. The summed E-state index contributed by atoms with van der Waals surface area (Å²) < 4.78 is 36.6. The second kappa shape index (κ2) is 4.00. The molecule has 0 spiro atoms. The van der Waals surface area contributed by atoms with Gasteiger partial charge in [-0.1, -0.05) is 12.8 Å². The monoisotopic (exact) mass is 224 g/mol. The first-order chi connectivity index (χ1) is 6.78. The highest BCUT2D eigenvalue weighted by molar-refractivity contribution is 5.85. The van der Waals surface area contributed by atoms with Crippen molar-refractivity contribution in [2.75, 3.05) is 13.6 Å². The normalized spacial score (nSPS) is 20.9. The first kappa shape index (κ1) is 12.3. The zero-order valence-corrected chi connectivity index (χ0v) is 8.60. The molecule has 0 saturated heterocycles.